The van der Waals surface area contributed by atoms with Crippen molar-refractivity contribution in [2.24, 2.45) is 0 Å². The van der Waals surface area contributed by atoms with Gasteiger partial charge in [0.2, 0.25) is 5.88 Å². The molecule has 106 valence electrons. The van der Waals surface area contributed by atoms with Crippen LogP contribution in [0, 0.1) is 0 Å². The molecule has 0 aliphatic rings. The maximum Gasteiger partial charge on any atom is 0.238 e. The molecule has 2 rings (SSSR count). The van der Waals surface area contributed by atoms with Gasteiger partial charge in [-0.05, 0) is 37.1 Å². The van der Waals surface area contributed by atoms with Crippen LogP contribution in [0.1, 0.15) is 31.5 Å². The van der Waals surface area contributed by atoms with Crippen LogP contribution in [-0.2, 0) is 13.0 Å². The van der Waals surface area contributed by atoms with Crippen LogP contribution in [0.25, 0.3) is 0 Å². The maximum absolute atomic E-state index is 5.79. The van der Waals surface area contributed by atoms with E-state index in [9.17, 15) is 0 Å². The molecule has 0 saturated heterocycles. The highest BCUT2D eigenvalue weighted by atomic mass is 16.5. The molecule has 0 unspecified atom stereocenters. The molecule has 0 atom stereocenters. The first-order valence-corrected chi connectivity index (χ1v) is 7.12. The number of ether oxygens (including phenoxy) is 1. The van der Waals surface area contributed by atoms with Crippen molar-refractivity contribution in [2.75, 3.05) is 6.54 Å². The third-order valence-corrected chi connectivity index (χ3v) is 3.00. The van der Waals surface area contributed by atoms with Crippen molar-refractivity contribution in [3.8, 4) is 11.6 Å². The number of para-hydroxylation sites is 1. The molecule has 0 amide bonds. The Hall–Kier alpha value is -1.94. The van der Waals surface area contributed by atoms with Crippen LogP contribution in [0.15, 0.2) is 36.4 Å². The minimum atomic E-state index is 0.533. The zero-order valence-corrected chi connectivity index (χ0v) is 12.1. The van der Waals surface area contributed by atoms with E-state index < -0.39 is 0 Å². The molecule has 2 aromatic rings. The summed E-state index contributed by atoms with van der Waals surface area (Å²) in [4.78, 5) is 0. The third kappa shape index (κ3) is 4.03. The summed E-state index contributed by atoms with van der Waals surface area (Å²) in [6.07, 6.45) is 2.05. The molecule has 0 fully saturated rings. The fourth-order valence-corrected chi connectivity index (χ4v) is 1.90. The van der Waals surface area contributed by atoms with Gasteiger partial charge in [0.25, 0.3) is 0 Å². The summed E-state index contributed by atoms with van der Waals surface area (Å²) in [5.74, 6) is 1.38. The van der Waals surface area contributed by atoms with E-state index in [4.69, 9.17) is 4.74 Å². The minimum Gasteiger partial charge on any atom is -0.437 e. The Labute approximate surface area is 120 Å². The summed E-state index contributed by atoms with van der Waals surface area (Å²) < 4.78 is 5.79. The van der Waals surface area contributed by atoms with Gasteiger partial charge < -0.3 is 10.1 Å². The smallest absolute Gasteiger partial charge is 0.238 e. The number of nitrogens with one attached hydrogen (secondary N) is 1. The summed E-state index contributed by atoms with van der Waals surface area (Å²) >= 11 is 0. The molecule has 4 heteroatoms. The van der Waals surface area contributed by atoms with E-state index in [1.54, 1.807) is 0 Å². The van der Waals surface area contributed by atoms with E-state index in [1.165, 1.54) is 5.56 Å². The monoisotopic (exact) mass is 271 g/mol. The lowest BCUT2D eigenvalue weighted by molar-refractivity contribution is 0.448. The fraction of sp³-hybridized carbons (Fsp3) is 0.375. The SMILES string of the molecule is CCCNCc1ccc(Oc2ccccc2CC)nn1. The van der Waals surface area contributed by atoms with Gasteiger partial charge in [0.15, 0.2) is 0 Å². The minimum absolute atomic E-state index is 0.533. The van der Waals surface area contributed by atoms with Crippen LogP contribution in [0.3, 0.4) is 0 Å². The quantitative estimate of drug-likeness (QED) is 0.785. The summed E-state index contributed by atoms with van der Waals surface area (Å²) in [6.45, 7) is 5.98. The van der Waals surface area contributed by atoms with E-state index in [0.717, 1.165) is 37.4 Å². The van der Waals surface area contributed by atoms with Crippen LogP contribution in [0.4, 0.5) is 0 Å². The number of hydrogen-bond donors (Lipinski definition) is 1. The van der Waals surface area contributed by atoms with E-state index >= 15 is 0 Å². The average Bonchev–Trinajstić information content (AvgIpc) is 2.50. The molecule has 4 nitrogen and oxygen atoms in total. The van der Waals surface area contributed by atoms with Crippen molar-refractivity contribution < 1.29 is 4.74 Å². The third-order valence-electron chi connectivity index (χ3n) is 3.00. The van der Waals surface area contributed by atoms with Gasteiger partial charge in [0, 0.05) is 12.6 Å². The van der Waals surface area contributed by atoms with Crippen LogP contribution >= 0.6 is 0 Å². The normalized spacial score (nSPS) is 10.5. The number of aromatic nitrogens is 2. The summed E-state index contributed by atoms with van der Waals surface area (Å²) in [7, 11) is 0. The fourth-order valence-electron chi connectivity index (χ4n) is 1.90. The van der Waals surface area contributed by atoms with Gasteiger partial charge in [-0.1, -0.05) is 32.0 Å². The lowest BCUT2D eigenvalue weighted by Crippen LogP contribution is -2.15. The zero-order valence-electron chi connectivity index (χ0n) is 12.1. The Balaban J connectivity index is 1.99. The highest BCUT2D eigenvalue weighted by Gasteiger charge is 2.04. The van der Waals surface area contributed by atoms with Gasteiger partial charge in [-0.3, -0.25) is 0 Å². The van der Waals surface area contributed by atoms with Crippen molar-refractivity contribution in [1.82, 2.24) is 15.5 Å². The largest absolute Gasteiger partial charge is 0.437 e. The molecule has 0 aliphatic carbocycles. The lowest BCUT2D eigenvalue weighted by Gasteiger charge is -2.08. The van der Waals surface area contributed by atoms with E-state index in [-0.39, 0.29) is 0 Å². The highest BCUT2D eigenvalue weighted by molar-refractivity contribution is 5.35. The van der Waals surface area contributed by atoms with Crippen molar-refractivity contribution in [1.29, 1.82) is 0 Å². The van der Waals surface area contributed by atoms with Crippen LogP contribution in [0.5, 0.6) is 11.6 Å². The molecule has 0 saturated carbocycles. The lowest BCUT2D eigenvalue weighted by atomic mass is 10.1. The number of aryl methyl sites for hydroxylation is 1. The average molecular weight is 271 g/mol. The van der Waals surface area contributed by atoms with Crippen LogP contribution in [0.2, 0.25) is 0 Å². The standard InChI is InChI=1S/C16H21N3O/c1-3-11-17-12-14-9-10-16(19-18-14)20-15-8-6-5-7-13(15)4-2/h5-10,17H,3-4,11-12H2,1-2H3. The molecule has 1 aromatic carbocycles. The second-order valence-corrected chi connectivity index (χ2v) is 4.60. The first-order valence-electron chi connectivity index (χ1n) is 7.12. The zero-order chi connectivity index (χ0) is 14.2. The number of benzene rings is 1. The second kappa shape index (κ2) is 7.60. The van der Waals surface area contributed by atoms with Crippen LogP contribution < -0.4 is 10.1 Å². The maximum atomic E-state index is 5.79. The number of hydrogen-bond acceptors (Lipinski definition) is 4. The first kappa shape index (κ1) is 14.5. The Morgan fingerprint density at radius 2 is 1.90 bits per heavy atom. The van der Waals surface area contributed by atoms with E-state index in [2.05, 4.69) is 35.4 Å². The Kier molecular flexibility index (Phi) is 5.50. The predicted octanol–water partition coefficient (Wildman–Crippen LogP) is 3.33. The Morgan fingerprint density at radius 3 is 2.60 bits per heavy atom. The molecule has 0 spiro atoms. The summed E-state index contributed by atoms with van der Waals surface area (Å²) in [5, 5.41) is 11.6. The molecule has 1 N–H and O–H groups in total. The second-order valence-electron chi connectivity index (χ2n) is 4.60. The summed E-state index contributed by atoms with van der Waals surface area (Å²) in [5.41, 5.74) is 2.09. The van der Waals surface area contributed by atoms with Gasteiger partial charge in [-0.25, -0.2) is 0 Å². The first-order chi connectivity index (χ1) is 9.83. The Morgan fingerprint density at radius 1 is 1.05 bits per heavy atom. The highest BCUT2D eigenvalue weighted by Crippen LogP contribution is 2.23. The molecular formula is C16H21N3O. The van der Waals surface area contributed by atoms with Crippen molar-refractivity contribution in [2.45, 2.75) is 33.2 Å². The van der Waals surface area contributed by atoms with Gasteiger partial charge >= 0.3 is 0 Å². The van der Waals surface area contributed by atoms with E-state index in [0.29, 0.717) is 5.88 Å². The van der Waals surface area contributed by atoms with Crippen molar-refractivity contribution in [3.05, 3.63) is 47.7 Å². The predicted molar refractivity (Wildman–Crippen MR) is 79.9 cm³/mol. The van der Waals surface area contributed by atoms with Gasteiger partial charge in [0.05, 0.1) is 5.69 Å². The number of nitrogens with zero attached hydrogens (tertiary/aromatic N) is 2. The molecule has 0 bridgehead atoms. The molecule has 0 aliphatic heterocycles. The van der Waals surface area contributed by atoms with Gasteiger partial charge in [-0.15, -0.1) is 5.10 Å². The van der Waals surface area contributed by atoms with Gasteiger partial charge in [-0.2, -0.15) is 5.10 Å². The van der Waals surface area contributed by atoms with Crippen molar-refractivity contribution in [3.63, 3.8) is 0 Å². The molecule has 1 aromatic heterocycles. The molecular weight excluding hydrogens is 250 g/mol. The molecule has 1 heterocycles. The Bertz CT molecular complexity index is 526. The van der Waals surface area contributed by atoms with E-state index in [1.807, 2.05) is 30.3 Å². The summed E-state index contributed by atoms with van der Waals surface area (Å²) in [6, 6.07) is 11.8. The van der Waals surface area contributed by atoms with Gasteiger partial charge in [0.1, 0.15) is 5.75 Å². The van der Waals surface area contributed by atoms with Crippen LogP contribution in [-0.4, -0.2) is 16.7 Å². The number of rotatable bonds is 7. The molecule has 0 radical (unpaired) electrons. The van der Waals surface area contributed by atoms with Crippen molar-refractivity contribution >= 4 is 0 Å². The molecule has 20 heavy (non-hydrogen) atoms. The topological polar surface area (TPSA) is 47.0 Å².